The number of nitrogens with two attached hydrogens (primary N) is 1. The second-order valence-electron chi connectivity index (χ2n) is 7.57. The predicted molar refractivity (Wildman–Crippen MR) is 169 cm³/mol. The van der Waals surface area contributed by atoms with Crippen LogP contribution in [0.4, 0.5) is 17.1 Å². The van der Waals surface area contributed by atoms with Crippen LogP contribution in [0.3, 0.4) is 0 Å². The van der Waals surface area contributed by atoms with E-state index in [1.54, 1.807) is 44.6 Å². The molecule has 42 heavy (non-hydrogen) atoms. The number of hydrogen-bond acceptors (Lipinski definition) is 9. The van der Waals surface area contributed by atoms with E-state index >= 15 is 0 Å². The summed E-state index contributed by atoms with van der Waals surface area (Å²) in [5, 5.41) is 13.7. The summed E-state index contributed by atoms with van der Waals surface area (Å²) < 4.78 is 10.0. The quantitative estimate of drug-likeness (QED) is 0.0443. The summed E-state index contributed by atoms with van der Waals surface area (Å²) in [6, 6.07) is 26.3. The summed E-state index contributed by atoms with van der Waals surface area (Å²) in [5.41, 5.74) is 8.34. The van der Waals surface area contributed by atoms with Crippen molar-refractivity contribution < 1.29 is 19.2 Å². The molecule has 0 spiro atoms. The Bertz CT molecular complexity index is 1440. The molecule has 0 bridgehead atoms. The van der Waals surface area contributed by atoms with Crippen LogP contribution in [0.5, 0.6) is 11.5 Å². The number of benzene rings is 4. The summed E-state index contributed by atoms with van der Waals surface area (Å²) in [6.07, 6.45) is 1.70. The molecule has 13 heteroatoms. The van der Waals surface area contributed by atoms with Gasteiger partial charge in [0.15, 0.2) is 0 Å². The Labute approximate surface area is 255 Å². The second kappa shape index (κ2) is 21.1. The zero-order valence-electron chi connectivity index (χ0n) is 22.1. The lowest BCUT2D eigenvalue weighted by Gasteiger charge is -2.06. The fourth-order valence-electron chi connectivity index (χ4n) is 2.97. The van der Waals surface area contributed by atoms with Gasteiger partial charge in [-0.1, -0.05) is 67.0 Å². The number of para-hydroxylation sites is 1. The van der Waals surface area contributed by atoms with E-state index in [1.165, 1.54) is 12.1 Å². The third kappa shape index (κ3) is 13.6. The topological polar surface area (TPSA) is 146 Å². The van der Waals surface area contributed by atoms with Gasteiger partial charge in [-0.05, 0) is 71.3 Å². The number of nitrogens with zero attached hydrogens (tertiary/aromatic N) is 3. The lowest BCUT2D eigenvalue weighted by atomic mass is 10.0. The molecule has 0 aromatic heterocycles. The number of nitrogen functional groups attached to an aromatic ring is 1. The fourth-order valence-corrected chi connectivity index (χ4v) is 3.41. The lowest BCUT2D eigenvalue weighted by molar-refractivity contribution is -0.384. The number of halogens is 2. The monoisotopic (exact) mass is 610 g/mol. The first-order valence-electron chi connectivity index (χ1n) is 11.5. The maximum absolute atomic E-state index is 10.8. The van der Waals surface area contributed by atoms with Crippen molar-refractivity contribution in [1.82, 2.24) is 0 Å². The van der Waals surface area contributed by atoms with Crippen LogP contribution in [0.15, 0.2) is 101 Å². The molecule has 0 saturated heterocycles. The summed E-state index contributed by atoms with van der Waals surface area (Å²) in [5.74, 6) is 1.64. The van der Waals surface area contributed by atoms with Gasteiger partial charge in [-0.2, -0.15) is 0 Å². The molecule has 4 aromatic carbocycles. The van der Waals surface area contributed by atoms with Crippen molar-refractivity contribution in [2.24, 2.45) is 10.1 Å². The van der Waals surface area contributed by atoms with Crippen LogP contribution in [0.1, 0.15) is 18.6 Å². The number of methoxy groups -OCH3 is 2. The molecule has 10 nitrogen and oxygen atoms in total. The average molecular weight is 611 g/mol. The van der Waals surface area contributed by atoms with E-state index in [4.69, 9.17) is 43.2 Å². The van der Waals surface area contributed by atoms with E-state index in [9.17, 15) is 15.0 Å². The first kappa shape index (κ1) is 37.3. The van der Waals surface area contributed by atoms with Crippen molar-refractivity contribution in [2.75, 3.05) is 20.0 Å². The maximum Gasteiger partial charge on any atom is 0.287 e. The van der Waals surface area contributed by atoms with Gasteiger partial charge >= 0.3 is 0 Å². The van der Waals surface area contributed by atoms with Crippen LogP contribution in [0.2, 0.25) is 10.0 Å². The largest absolute Gasteiger partial charge is 0.497 e. The minimum absolute atomic E-state index is 0. The van der Waals surface area contributed by atoms with Crippen LogP contribution in [-0.4, -0.2) is 33.2 Å². The highest BCUT2D eigenvalue weighted by molar-refractivity contribution is 6.33. The third-order valence-corrected chi connectivity index (χ3v) is 5.56. The van der Waals surface area contributed by atoms with Gasteiger partial charge in [0.2, 0.25) is 6.08 Å². The molecular formula is C29H29BCl2N4O6. The number of nitroso groups, excluding NO2 is 1. The van der Waals surface area contributed by atoms with Crippen LogP contribution in [-0.2, 0) is 11.2 Å². The number of nitro benzene ring substituents is 1. The van der Waals surface area contributed by atoms with Gasteiger partial charge < -0.3 is 15.2 Å². The van der Waals surface area contributed by atoms with Gasteiger partial charge in [0.05, 0.1) is 24.2 Å². The number of carbonyl (C=O) groups excluding carboxylic acids is 1. The van der Waals surface area contributed by atoms with Gasteiger partial charge in [0, 0.05) is 11.8 Å². The molecule has 218 valence electrons. The van der Waals surface area contributed by atoms with Gasteiger partial charge in [0.1, 0.15) is 22.2 Å². The Kier molecular flexibility index (Phi) is 18.7. The van der Waals surface area contributed by atoms with E-state index in [2.05, 4.69) is 18.1 Å². The standard InChI is InChI=1S/C14H12ClNO2.C7H9NO.C6H4ClNO2.CBNO.CH4/c1-18-12-7-5-10(6-8-12)9-11-3-2-4-13(15)14(11)16-17;1-9-7-4-2-6(8)3-5-7;7-5-3-1-2-4-6(5)8(9)10;2-3-1-4;/h2-8H,9H2,1H3;2-5H,8H2,1H3;1-4H;;1H4. The number of isocyanates is 1. The van der Waals surface area contributed by atoms with Crippen LogP contribution < -0.4 is 15.2 Å². The average Bonchev–Trinajstić information content (AvgIpc) is 2.99. The zero-order chi connectivity index (χ0) is 30.6. The number of anilines is 1. The van der Waals surface area contributed by atoms with Crippen molar-refractivity contribution in [1.29, 1.82) is 0 Å². The number of rotatable bonds is 6. The van der Waals surface area contributed by atoms with Gasteiger partial charge in [0.25, 0.3) is 13.7 Å². The predicted octanol–water partition coefficient (Wildman–Crippen LogP) is 7.90. The molecular weight excluding hydrogens is 582 g/mol. The molecule has 0 heterocycles. The molecule has 0 aliphatic carbocycles. The highest BCUT2D eigenvalue weighted by atomic mass is 35.5. The van der Waals surface area contributed by atoms with Crippen molar-refractivity contribution in [3.05, 3.63) is 127 Å². The molecule has 4 aromatic rings. The Balaban J connectivity index is 0.000000597. The number of ether oxygens (including phenoxy) is 2. The summed E-state index contributed by atoms with van der Waals surface area (Å²) in [7, 11) is 7.49. The Morgan fingerprint density at radius 1 is 0.881 bits per heavy atom. The summed E-state index contributed by atoms with van der Waals surface area (Å²) in [6.45, 7) is 0. The van der Waals surface area contributed by atoms with Gasteiger partial charge in [-0.15, -0.1) is 4.91 Å². The first-order valence-corrected chi connectivity index (χ1v) is 12.2. The van der Waals surface area contributed by atoms with Crippen molar-refractivity contribution >= 4 is 54.3 Å². The number of hydrogen-bond donors (Lipinski definition) is 1. The second-order valence-corrected chi connectivity index (χ2v) is 8.38. The SMILES string of the molecule is C.COc1ccc(Cc2cccc(Cl)c2N=O)cc1.COc1ccc(N)cc1.O=[N+]([O-])c1ccccc1Cl.[B]N=C=O. The molecule has 2 N–H and O–H groups in total. The van der Waals surface area contributed by atoms with Crippen LogP contribution in [0, 0.1) is 15.0 Å². The Morgan fingerprint density at radius 2 is 1.38 bits per heavy atom. The fraction of sp³-hybridized carbons (Fsp3) is 0.138. The minimum atomic E-state index is -0.512. The first-order chi connectivity index (χ1) is 19.7. The summed E-state index contributed by atoms with van der Waals surface area (Å²) in [4.78, 5) is 31.6. The van der Waals surface area contributed by atoms with Crippen LogP contribution in [0.25, 0.3) is 0 Å². The van der Waals surface area contributed by atoms with Gasteiger partial charge in [-0.3, -0.25) is 15.0 Å². The molecule has 0 aliphatic heterocycles. The molecule has 0 unspecified atom stereocenters. The van der Waals surface area contributed by atoms with Crippen LogP contribution >= 0.6 is 23.2 Å². The highest BCUT2D eigenvalue weighted by Crippen LogP contribution is 2.30. The molecule has 0 amide bonds. The molecule has 2 radical (unpaired) electrons. The third-order valence-electron chi connectivity index (χ3n) is 4.93. The van der Waals surface area contributed by atoms with E-state index in [0.717, 1.165) is 34.4 Å². The highest BCUT2D eigenvalue weighted by Gasteiger charge is 2.09. The summed E-state index contributed by atoms with van der Waals surface area (Å²) >= 11 is 11.4. The minimum Gasteiger partial charge on any atom is -0.497 e. The van der Waals surface area contributed by atoms with E-state index in [1.807, 2.05) is 48.5 Å². The van der Waals surface area contributed by atoms with Crippen molar-refractivity contribution in [3.8, 4) is 11.5 Å². The normalized spacial score (nSPS) is 8.86. The van der Waals surface area contributed by atoms with E-state index in [-0.39, 0.29) is 18.1 Å². The number of nitro groups is 1. The van der Waals surface area contributed by atoms with E-state index in [0.29, 0.717) is 17.1 Å². The van der Waals surface area contributed by atoms with E-state index < -0.39 is 4.92 Å². The smallest absolute Gasteiger partial charge is 0.287 e. The molecule has 0 aliphatic rings. The Hall–Kier alpha value is -4.70. The van der Waals surface area contributed by atoms with Crippen molar-refractivity contribution in [3.63, 3.8) is 0 Å². The molecule has 4 rings (SSSR count). The molecule has 0 atom stereocenters. The van der Waals surface area contributed by atoms with Gasteiger partial charge in [-0.25, -0.2) is 4.79 Å². The molecule has 0 fully saturated rings. The zero-order valence-corrected chi connectivity index (χ0v) is 23.6. The van der Waals surface area contributed by atoms with Crippen molar-refractivity contribution in [2.45, 2.75) is 13.8 Å². The lowest BCUT2D eigenvalue weighted by Crippen LogP contribution is -1.90. The molecule has 0 saturated carbocycles. The Morgan fingerprint density at radius 3 is 1.81 bits per heavy atom. The maximum atomic E-state index is 10.8.